The molecule has 0 aliphatic carbocycles. The van der Waals surface area contributed by atoms with Crippen LogP contribution in [0, 0.1) is 0 Å². The first kappa shape index (κ1) is 15.5. The van der Waals surface area contributed by atoms with Crippen molar-refractivity contribution >= 4 is 5.97 Å². The minimum Gasteiger partial charge on any atom is -0.497 e. The van der Waals surface area contributed by atoms with Crippen LogP contribution in [0.15, 0.2) is 24.3 Å². The molecule has 106 valence electrons. The summed E-state index contributed by atoms with van der Waals surface area (Å²) >= 11 is 0. The maximum absolute atomic E-state index is 11.8. The Kier molecular flexibility index (Phi) is 5.79. The van der Waals surface area contributed by atoms with E-state index in [0.717, 1.165) is 11.3 Å². The molecule has 1 atom stereocenters. The van der Waals surface area contributed by atoms with E-state index in [1.165, 1.54) is 7.11 Å². The van der Waals surface area contributed by atoms with Gasteiger partial charge in [0.05, 0.1) is 20.8 Å². The van der Waals surface area contributed by atoms with Crippen molar-refractivity contribution in [2.75, 3.05) is 27.9 Å². The molecule has 1 aromatic rings. The smallest absolute Gasteiger partial charge is 0.328 e. The zero-order valence-corrected chi connectivity index (χ0v) is 11.9. The summed E-state index contributed by atoms with van der Waals surface area (Å²) < 4.78 is 15.0. The normalized spacial score (nSPS) is 13.7. The van der Waals surface area contributed by atoms with Crippen LogP contribution in [0.2, 0.25) is 0 Å². The number of esters is 1. The molecule has 0 aliphatic heterocycles. The summed E-state index contributed by atoms with van der Waals surface area (Å²) in [7, 11) is 4.54. The minimum absolute atomic E-state index is 0.246. The van der Waals surface area contributed by atoms with Gasteiger partial charge in [-0.1, -0.05) is 12.1 Å². The molecule has 0 radical (unpaired) electrons. The summed E-state index contributed by atoms with van der Waals surface area (Å²) in [5, 5.41) is 3.16. The SMILES string of the molecule is COCC(C)(NCc1ccc(OC)cc1)C(=O)OC. The van der Waals surface area contributed by atoms with Crippen molar-refractivity contribution < 1.29 is 19.0 Å². The average molecular weight is 267 g/mol. The van der Waals surface area contributed by atoms with Crippen LogP contribution >= 0.6 is 0 Å². The van der Waals surface area contributed by atoms with Gasteiger partial charge in [0.2, 0.25) is 0 Å². The average Bonchev–Trinajstić information content (AvgIpc) is 2.45. The monoisotopic (exact) mass is 267 g/mol. The van der Waals surface area contributed by atoms with Gasteiger partial charge in [-0.25, -0.2) is 4.79 Å². The highest BCUT2D eigenvalue weighted by Gasteiger charge is 2.33. The van der Waals surface area contributed by atoms with Gasteiger partial charge in [-0.15, -0.1) is 0 Å². The van der Waals surface area contributed by atoms with E-state index in [4.69, 9.17) is 14.2 Å². The predicted octanol–water partition coefficient (Wildman–Crippen LogP) is 1.36. The van der Waals surface area contributed by atoms with Crippen LogP contribution in [0.4, 0.5) is 0 Å². The van der Waals surface area contributed by atoms with E-state index in [2.05, 4.69) is 5.32 Å². The topological polar surface area (TPSA) is 56.8 Å². The van der Waals surface area contributed by atoms with Gasteiger partial charge in [0, 0.05) is 13.7 Å². The molecular weight excluding hydrogens is 246 g/mol. The predicted molar refractivity (Wildman–Crippen MR) is 72.1 cm³/mol. The zero-order chi connectivity index (χ0) is 14.3. The van der Waals surface area contributed by atoms with Gasteiger partial charge in [0.25, 0.3) is 0 Å². The molecule has 0 saturated heterocycles. The summed E-state index contributed by atoms with van der Waals surface area (Å²) in [5.41, 5.74) is 0.190. The van der Waals surface area contributed by atoms with Crippen LogP contribution in [-0.4, -0.2) is 39.4 Å². The van der Waals surface area contributed by atoms with Crippen molar-refractivity contribution in [1.82, 2.24) is 5.32 Å². The number of rotatable bonds is 7. The van der Waals surface area contributed by atoms with E-state index >= 15 is 0 Å². The molecule has 19 heavy (non-hydrogen) atoms. The summed E-state index contributed by atoms with van der Waals surface area (Å²) in [5.74, 6) is 0.458. The molecule has 1 N–H and O–H groups in total. The van der Waals surface area contributed by atoms with Gasteiger partial charge in [0.1, 0.15) is 11.3 Å². The first-order valence-corrected chi connectivity index (χ1v) is 6.01. The second kappa shape index (κ2) is 7.11. The van der Waals surface area contributed by atoms with Crippen molar-refractivity contribution in [3.05, 3.63) is 29.8 Å². The molecule has 0 fully saturated rings. The number of benzene rings is 1. The first-order valence-electron chi connectivity index (χ1n) is 6.01. The third-order valence-corrected chi connectivity index (χ3v) is 2.91. The second-order valence-electron chi connectivity index (χ2n) is 4.46. The Balaban J connectivity index is 2.67. The number of carbonyl (C=O) groups is 1. The van der Waals surface area contributed by atoms with Gasteiger partial charge in [-0.05, 0) is 24.6 Å². The first-order chi connectivity index (χ1) is 9.05. The molecule has 5 nitrogen and oxygen atoms in total. The molecule has 1 unspecified atom stereocenters. The molecule has 0 heterocycles. The number of methoxy groups -OCH3 is 3. The Morgan fingerprint density at radius 2 is 1.84 bits per heavy atom. The van der Waals surface area contributed by atoms with Crippen molar-refractivity contribution in [3.8, 4) is 5.75 Å². The fourth-order valence-corrected chi connectivity index (χ4v) is 1.74. The molecule has 0 aliphatic rings. The lowest BCUT2D eigenvalue weighted by Crippen LogP contribution is -2.53. The largest absolute Gasteiger partial charge is 0.497 e. The van der Waals surface area contributed by atoms with Gasteiger partial charge in [-0.2, -0.15) is 0 Å². The highest BCUT2D eigenvalue weighted by Crippen LogP contribution is 2.13. The maximum atomic E-state index is 11.8. The molecule has 0 spiro atoms. The van der Waals surface area contributed by atoms with Crippen LogP contribution in [-0.2, 0) is 20.8 Å². The van der Waals surface area contributed by atoms with E-state index in [-0.39, 0.29) is 12.6 Å². The molecule has 1 rings (SSSR count). The highest BCUT2D eigenvalue weighted by atomic mass is 16.5. The Morgan fingerprint density at radius 1 is 1.21 bits per heavy atom. The van der Waals surface area contributed by atoms with Gasteiger partial charge >= 0.3 is 5.97 Å². The van der Waals surface area contributed by atoms with Crippen LogP contribution in [0.1, 0.15) is 12.5 Å². The minimum atomic E-state index is -0.858. The number of carbonyl (C=O) groups excluding carboxylic acids is 1. The number of ether oxygens (including phenoxy) is 3. The summed E-state index contributed by atoms with van der Waals surface area (Å²) in [6.07, 6.45) is 0. The van der Waals surface area contributed by atoms with Gasteiger partial charge < -0.3 is 14.2 Å². The Morgan fingerprint density at radius 3 is 2.32 bits per heavy atom. The quantitative estimate of drug-likeness (QED) is 0.756. The molecule has 1 aromatic carbocycles. The zero-order valence-electron chi connectivity index (χ0n) is 11.9. The Hall–Kier alpha value is -1.59. The van der Waals surface area contributed by atoms with E-state index in [0.29, 0.717) is 6.54 Å². The van der Waals surface area contributed by atoms with Crippen molar-refractivity contribution in [2.45, 2.75) is 19.0 Å². The van der Waals surface area contributed by atoms with E-state index in [9.17, 15) is 4.79 Å². The van der Waals surface area contributed by atoms with E-state index in [1.54, 1.807) is 21.1 Å². The molecule has 5 heteroatoms. The standard InChI is InChI=1S/C14H21NO4/c1-14(10-17-2,13(16)19-4)15-9-11-5-7-12(18-3)8-6-11/h5-8,15H,9-10H2,1-4H3. The lowest BCUT2D eigenvalue weighted by molar-refractivity contribution is -0.150. The summed E-state index contributed by atoms with van der Waals surface area (Å²) in [4.78, 5) is 11.8. The van der Waals surface area contributed by atoms with Gasteiger partial charge in [0.15, 0.2) is 0 Å². The van der Waals surface area contributed by atoms with E-state index in [1.807, 2.05) is 24.3 Å². The fraction of sp³-hybridized carbons (Fsp3) is 0.500. The summed E-state index contributed by atoms with van der Waals surface area (Å²) in [6.45, 7) is 2.54. The van der Waals surface area contributed by atoms with Crippen LogP contribution in [0.25, 0.3) is 0 Å². The highest BCUT2D eigenvalue weighted by molar-refractivity contribution is 5.80. The van der Waals surface area contributed by atoms with Crippen LogP contribution in [0.5, 0.6) is 5.75 Å². The molecular formula is C14H21NO4. The Bertz CT molecular complexity index is 404. The molecule has 0 amide bonds. The number of hydrogen-bond acceptors (Lipinski definition) is 5. The maximum Gasteiger partial charge on any atom is 0.328 e. The summed E-state index contributed by atoms with van der Waals surface area (Å²) in [6, 6.07) is 7.64. The van der Waals surface area contributed by atoms with Crippen molar-refractivity contribution in [3.63, 3.8) is 0 Å². The van der Waals surface area contributed by atoms with Crippen molar-refractivity contribution in [2.24, 2.45) is 0 Å². The molecule has 0 aromatic heterocycles. The number of hydrogen-bond donors (Lipinski definition) is 1. The lowest BCUT2D eigenvalue weighted by atomic mass is 10.0. The second-order valence-corrected chi connectivity index (χ2v) is 4.46. The fourth-order valence-electron chi connectivity index (χ4n) is 1.74. The molecule has 0 bridgehead atoms. The lowest BCUT2D eigenvalue weighted by Gasteiger charge is -2.27. The Labute approximate surface area is 113 Å². The van der Waals surface area contributed by atoms with Crippen molar-refractivity contribution in [1.29, 1.82) is 0 Å². The van der Waals surface area contributed by atoms with Crippen LogP contribution in [0.3, 0.4) is 0 Å². The van der Waals surface area contributed by atoms with Crippen LogP contribution < -0.4 is 10.1 Å². The third kappa shape index (κ3) is 4.22. The third-order valence-electron chi connectivity index (χ3n) is 2.91. The van der Waals surface area contributed by atoms with Gasteiger partial charge in [-0.3, -0.25) is 5.32 Å². The molecule has 0 saturated carbocycles. The van der Waals surface area contributed by atoms with E-state index < -0.39 is 5.54 Å². The number of nitrogens with one attached hydrogen (secondary N) is 1.